The van der Waals surface area contributed by atoms with Crippen LogP contribution in [0.3, 0.4) is 0 Å². The first-order valence-electron chi connectivity index (χ1n) is 9.38. The van der Waals surface area contributed by atoms with Crippen molar-refractivity contribution in [3.05, 3.63) is 41.1 Å². The number of esters is 2. The smallest absolute Gasteiger partial charge is 0.338 e. The molecule has 8 nitrogen and oxygen atoms in total. The van der Waals surface area contributed by atoms with Crippen molar-refractivity contribution in [3.8, 4) is 5.75 Å². The minimum Gasteiger partial charge on any atom is -0.492 e. The summed E-state index contributed by atoms with van der Waals surface area (Å²) in [5, 5.41) is 5.24. The number of hydrogen-bond acceptors (Lipinski definition) is 6. The summed E-state index contributed by atoms with van der Waals surface area (Å²) in [6.07, 6.45) is 1.02. The van der Waals surface area contributed by atoms with Crippen LogP contribution in [-0.2, 0) is 25.5 Å². The number of para-hydroxylation sites is 1. The van der Waals surface area contributed by atoms with E-state index >= 15 is 0 Å². The molecule has 0 fully saturated rings. The molecule has 1 aromatic rings. The van der Waals surface area contributed by atoms with Crippen molar-refractivity contribution >= 4 is 18.0 Å². The number of benzene rings is 1. The highest BCUT2D eigenvalue weighted by atomic mass is 16.5. The van der Waals surface area contributed by atoms with Crippen molar-refractivity contribution in [2.24, 2.45) is 5.92 Å². The number of fused-ring (bicyclic) bond motifs is 1. The zero-order valence-corrected chi connectivity index (χ0v) is 15.9. The van der Waals surface area contributed by atoms with E-state index in [1.807, 2.05) is 31.2 Å². The number of carbonyl (C=O) groups excluding carboxylic acids is 3. The molecule has 2 heterocycles. The maximum absolute atomic E-state index is 12.5. The van der Waals surface area contributed by atoms with Gasteiger partial charge in [0.25, 0.3) is 0 Å². The summed E-state index contributed by atoms with van der Waals surface area (Å²) < 4.78 is 16.1. The van der Waals surface area contributed by atoms with Crippen LogP contribution in [0.5, 0.6) is 5.75 Å². The Morgan fingerprint density at radius 2 is 2.00 bits per heavy atom. The predicted molar refractivity (Wildman–Crippen MR) is 99.5 cm³/mol. The maximum atomic E-state index is 12.5. The second-order valence-electron chi connectivity index (χ2n) is 6.60. The Bertz CT molecular complexity index is 804. The van der Waals surface area contributed by atoms with Crippen LogP contribution < -0.4 is 15.4 Å². The van der Waals surface area contributed by atoms with E-state index in [2.05, 4.69) is 10.6 Å². The first kappa shape index (κ1) is 19.7. The molecule has 2 N–H and O–H groups in total. The Morgan fingerprint density at radius 3 is 2.75 bits per heavy atom. The molecule has 0 spiro atoms. The average molecular weight is 388 g/mol. The van der Waals surface area contributed by atoms with E-state index in [4.69, 9.17) is 14.2 Å². The van der Waals surface area contributed by atoms with Gasteiger partial charge in [-0.15, -0.1) is 0 Å². The molecule has 1 aromatic carbocycles. The van der Waals surface area contributed by atoms with Gasteiger partial charge in [0.15, 0.2) is 0 Å². The summed E-state index contributed by atoms with van der Waals surface area (Å²) in [4.78, 5) is 36.7. The summed E-state index contributed by atoms with van der Waals surface area (Å²) in [6, 6.07) is 6.61. The van der Waals surface area contributed by atoms with Gasteiger partial charge in [-0.2, -0.15) is 0 Å². The lowest BCUT2D eigenvalue weighted by molar-refractivity contribution is -0.149. The van der Waals surface area contributed by atoms with Crippen molar-refractivity contribution < 1.29 is 28.6 Å². The molecular weight excluding hydrogens is 364 g/mol. The number of nitrogens with one attached hydrogen (secondary N) is 2. The van der Waals surface area contributed by atoms with Crippen molar-refractivity contribution in [1.82, 2.24) is 10.6 Å². The average Bonchev–Trinajstić information content (AvgIpc) is 2.71. The zero-order valence-electron chi connectivity index (χ0n) is 15.9. The summed E-state index contributed by atoms with van der Waals surface area (Å²) in [7, 11) is 0. The van der Waals surface area contributed by atoms with E-state index in [-0.39, 0.29) is 31.1 Å². The molecule has 150 valence electrons. The van der Waals surface area contributed by atoms with Gasteiger partial charge in [0.1, 0.15) is 19.0 Å². The minimum atomic E-state index is -0.539. The third kappa shape index (κ3) is 4.27. The molecule has 2 aliphatic heterocycles. The predicted octanol–water partition coefficient (Wildman–Crippen LogP) is 1.69. The molecule has 0 aromatic heterocycles. The van der Waals surface area contributed by atoms with Crippen LogP contribution in [0.25, 0.3) is 0 Å². The molecule has 2 atom stereocenters. The van der Waals surface area contributed by atoms with Gasteiger partial charge < -0.3 is 24.8 Å². The summed E-state index contributed by atoms with van der Waals surface area (Å²) in [5.41, 5.74) is 1.48. The van der Waals surface area contributed by atoms with Crippen LogP contribution in [0, 0.1) is 5.92 Å². The molecule has 0 bridgehead atoms. The number of urea groups is 1. The molecular formula is C20H24N2O6. The van der Waals surface area contributed by atoms with Gasteiger partial charge in [-0.25, -0.2) is 9.59 Å². The Kier molecular flexibility index (Phi) is 6.18. The van der Waals surface area contributed by atoms with E-state index in [1.165, 1.54) is 0 Å². The maximum Gasteiger partial charge on any atom is 0.338 e. The Balaban J connectivity index is 1.70. The first-order valence-corrected chi connectivity index (χ1v) is 9.38. The van der Waals surface area contributed by atoms with Crippen LogP contribution >= 0.6 is 0 Å². The Morgan fingerprint density at radius 1 is 1.21 bits per heavy atom. The zero-order chi connectivity index (χ0) is 20.1. The molecule has 0 saturated heterocycles. The molecule has 0 unspecified atom stereocenters. The number of hydrogen-bond donors (Lipinski definition) is 2. The number of amides is 2. The molecule has 28 heavy (non-hydrogen) atoms. The normalized spacial score (nSPS) is 21.0. The standard InChI is InChI=1S/C20H24N2O6/c1-3-14-17(19(24)26-4-2)15(22-20(25)21-14)11-28-18(23)13-9-12-7-5-6-8-16(12)27-10-13/h5-8,13-14H,3-4,9-11H2,1-2H3,(H2,21,22,25)/t13-,14+/m0/s1. The summed E-state index contributed by atoms with van der Waals surface area (Å²) in [6.45, 7) is 3.77. The lowest BCUT2D eigenvalue weighted by Gasteiger charge is -2.29. The quantitative estimate of drug-likeness (QED) is 0.719. The lowest BCUT2D eigenvalue weighted by atomic mass is 9.97. The fourth-order valence-electron chi connectivity index (χ4n) is 3.32. The molecule has 0 aliphatic carbocycles. The Labute approximate surface area is 163 Å². The highest BCUT2D eigenvalue weighted by Crippen LogP contribution is 2.27. The second-order valence-corrected chi connectivity index (χ2v) is 6.60. The fraction of sp³-hybridized carbons (Fsp3) is 0.450. The summed E-state index contributed by atoms with van der Waals surface area (Å²) in [5.74, 6) is -0.648. The van der Waals surface area contributed by atoms with Crippen molar-refractivity contribution in [3.63, 3.8) is 0 Å². The van der Waals surface area contributed by atoms with Crippen LogP contribution in [0.4, 0.5) is 4.79 Å². The van der Waals surface area contributed by atoms with Crippen molar-refractivity contribution in [2.75, 3.05) is 19.8 Å². The third-order valence-electron chi connectivity index (χ3n) is 4.72. The second kappa shape index (κ2) is 8.77. The van der Waals surface area contributed by atoms with Crippen LogP contribution in [-0.4, -0.2) is 43.8 Å². The van der Waals surface area contributed by atoms with Gasteiger partial charge in [-0.3, -0.25) is 4.79 Å². The molecule has 2 amide bonds. The first-order chi connectivity index (χ1) is 13.5. The Hall–Kier alpha value is -3.03. The minimum absolute atomic E-state index is 0.207. The number of rotatable bonds is 6. The largest absolute Gasteiger partial charge is 0.492 e. The van der Waals surface area contributed by atoms with Gasteiger partial charge in [-0.05, 0) is 31.4 Å². The van der Waals surface area contributed by atoms with Crippen LogP contribution in [0.15, 0.2) is 35.5 Å². The molecule has 0 radical (unpaired) electrons. The fourth-order valence-corrected chi connectivity index (χ4v) is 3.32. The summed E-state index contributed by atoms with van der Waals surface area (Å²) >= 11 is 0. The van der Waals surface area contributed by atoms with E-state index in [0.717, 1.165) is 11.3 Å². The van der Waals surface area contributed by atoms with Crippen LogP contribution in [0.2, 0.25) is 0 Å². The van der Waals surface area contributed by atoms with E-state index < -0.39 is 29.9 Å². The highest BCUT2D eigenvalue weighted by Gasteiger charge is 2.33. The number of carbonyl (C=O) groups is 3. The van der Waals surface area contributed by atoms with E-state index in [9.17, 15) is 14.4 Å². The molecule has 0 saturated carbocycles. The van der Waals surface area contributed by atoms with Gasteiger partial charge in [-0.1, -0.05) is 25.1 Å². The van der Waals surface area contributed by atoms with Crippen molar-refractivity contribution in [1.29, 1.82) is 0 Å². The van der Waals surface area contributed by atoms with Crippen LogP contribution in [0.1, 0.15) is 25.8 Å². The SMILES string of the molecule is CCOC(=O)C1=C(COC(=O)[C@@H]2COc3ccccc3C2)NC(=O)N[C@@H]1CC. The monoisotopic (exact) mass is 388 g/mol. The van der Waals surface area contributed by atoms with Gasteiger partial charge in [0.2, 0.25) is 0 Å². The molecule has 8 heteroatoms. The lowest BCUT2D eigenvalue weighted by Crippen LogP contribution is -2.51. The van der Waals surface area contributed by atoms with Crippen molar-refractivity contribution in [2.45, 2.75) is 32.7 Å². The number of ether oxygens (including phenoxy) is 3. The van der Waals surface area contributed by atoms with Gasteiger partial charge in [0, 0.05) is 0 Å². The third-order valence-corrected chi connectivity index (χ3v) is 4.72. The van der Waals surface area contributed by atoms with Gasteiger partial charge >= 0.3 is 18.0 Å². The van der Waals surface area contributed by atoms with E-state index in [0.29, 0.717) is 12.8 Å². The van der Waals surface area contributed by atoms with Gasteiger partial charge in [0.05, 0.1) is 29.8 Å². The molecule has 3 rings (SSSR count). The van der Waals surface area contributed by atoms with E-state index in [1.54, 1.807) is 6.92 Å². The molecule has 2 aliphatic rings. The topological polar surface area (TPSA) is 103 Å². The highest BCUT2D eigenvalue weighted by molar-refractivity contribution is 5.94.